The Hall–Kier alpha value is -2.06. The van der Waals surface area contributed by atoms with Gasteiger partial charge in [0.25, 0.3) is 0 Å². The number of benzene rings is 1. The normalized spacial score (nSPS) is 9.29. The second-order valence-electron chi connectivity index (χ2n) is 3.72. The zero-order chi connectivity index (χ0) is 15.5. The second-order valence-corrected chi connectivity index (χ2v) is 3.98. The molecule has 21 heavy (non-hydrogen) atoms. The number of nitrogens with one attached hydrogen (secondary N) is 1. The molecular formula is C15H18ClNO4. The van der Waals surface area contributed by atoms with Gasteiger partial charge in [0.1, 0.15) is 0 Å². The molecule has 114 valence electrons. The summed E-state index contributed by atoms with van der Waals surface area (Å²) in [5.41, 5.74) is 0.553. The fraction of sp³-hybridized carbons (Fsp3) is 0.400. The van der Waals surface area contributed by atoms with Crippen LogP contribution in [0.5, 0.6) is 11.5 Å². The monoisotopic (exact) mass is 311 g/mol. The van der Waals surface area contributed by atoms with Crippen LogP contribution < -0.4 is 14.8 Å². The Morgan fingerprint density at radius 2 is 1.90 bits per heavy atom. The molecule has 0 unspecified atom stereocenters. The van der Waals surface area contributed by atoms with Crippen molar-refractivity contribution < 1.29 is 19.0 Å². The molecule has 6 heteroatoms. The first-order valence-electron chi connectivity index (χ1n) is 6.56. The zero-order valence-corrected chi connectivity index (χ0v) is 12.8. The fourth-order valence-corrected chi connectivity index (χ4v) is 1.58. The first-order valence-corrected chi connectivity index (χ1v) is 7.09. The smallest absolute Gasteiger partial charge is 0.412 e. The van der Waals surface area contributed by atoms with E-state index in [-0.39, 0.29) is 12.5 Å². The summed E-state index contributed by atoms with van der Waals surface area (Å²) in [5.74, 6) is 6.60. The first-order chi connectivity index (χ1) is 10.2. The first kappa shape index (κ1) is 17.0. The predicted octanol–water partition coefficient (Wildman–Crippen LogP) is 3.27. The Bertz CT molecular complexity index is 522. The van der Waals surface area contributed by atoms with Crippen LogP contribution in [-0.4, -0.2) is 31.8 Å². The van der Waals surface area contributed by atoms with Crippen molar-refractivity contribution in [3.63, 3.8) is 0 Å². The van der Waals surface area contributed by atoms with E-state index in [2.05, 4.69) is 17.2 Å². The molecule has 0 spiro atoms. The van der Waals surface area contributed by atoms with Crippen molar-refractivity contribution in [2.45, 2.75) is 13.8 Å². The van der Waals surface area contributed by atoms with Crippen LogP contribution in [0.25, 0.3) is 0 Å². The van der Waals surface area contributed by atoms with Crippen molar-refractivity contribution in [3.05, 3.63) is 18.2 Å². The number of hydrogen-bond donors (Lipinski definition) is 1. The van der Waals surface area contributed by atoms with E-state index in [0.29, 0.717) is 30.4 Å². The van der Waals surface area contributed by atoms with Gasteiger partial charge in [0.05, 0.1) is 19.1 Å². The third-order valence-corrected chi connectivity index (χ3v) is 2.39. The lowest BCUT2D eigenvalue weighted by molar-refractivity contribution is 0.176. The number of carbonyl (C=O) groups is 1. The number of halogens is 1. The molecule has 0 aliphatic carbocycles. The highest BCUT2D eigenvalue weighted by Gasteiger charge is 2.08. The molecule has 1 rings (SSSR count). The van der Waals surface area contributed by atoms with Gasteiger partial charge in [0.2, 0.25) is 0 Å². The van der Waals surface area contributed by atoms with Gasteiger partial charge >= 0.3 is 6.09 Å². The lowest BCUT2D eigenvalue weighted by Gasteiger charge is -2.12. The van der Waals surface area contributed by atoms with Crippen LogP contribution in [0.15, 0.2) is 18.2 Å². The molecule has 0 saturated carbocycles. The largest absolute Gasteiger partial charge is 0.490 e. The van der Waals surface area contributed by atoms with Crippen molar-refractivity contribution in [2.24, 2.45) is 0 Å². The summed E-state index contributed by atoms with van der Waals surface area (Å²) >= 11 is 5.38. The van der Waals surface area contributed by atoms with E-state index in [4.69, 9.17) is 25.8 Å². The number of anilines is 1. The predicted molar refractivity (Wildman–Crippen MR) is 82.2 cm³/mol. The molecule has 0 fully saturated rings. The molecule has 0 aromatic heterocycles. The van der Waals surface area contributed by atoms with E-state index in [9.17, 15) is 4.79 Å². The summed E-state index contributed by atoms with van der Waals surface area (Å²) in [6.45, 7) is 4.80. The second kappa shape index (κ2) is 9.78. The van der Waals surface area contributed by atoms with Crippen molar-refractivity contribution in [1.82, 2.24) is 0 Å². The molecule has 0 aliphatic rings. The van der Waals surface area contributed by atoms with E-state index in [1.165, 1.54) is 0 Å². The van der Waals surface area contributed by atoms with Gasteiger partial charge < -0.3 is 14.2 Å². The van der Waals surface area contributed by atoms with Gasteiger partial charge in [0.15, 0.2) is 18.1 Å². The standard InChI is InChI=1S/C15H18ClNO4/c1-3-19-13-8-7-12(11-14(13)20-4-2)17-15(18)21-10-6-5-9-16/h7-8,11H,3-4,9-10H2,1-2H3,(H,17,18). The molecule has 0 bridgehead atoms. The van der Waals surface area contributed by atoms with Crippen molar-refractivity contribution in [3.8, 4) is 23.3 Å². The number of amides is 1. The van der Waals surface area contributed by atoms with E-state index in [1.807, 2.05) is 13.8 Å². The van der Waals surface area contributed by atoms with Crippen LogP contribution in [0.3, 0.4) is 0 Å². The Morgan fingerprint density at radius 3 is 2.57 bits per heavy atom. The molecule has 0 radical (unpaired) electrons. The highest BCUT2D eigenvalue weighted by atomic mass is 35.5. The Labute approximate surface area is 129 Å². The van der Waals surface area contributed by atoms with Crippen LogP contribution in [-0.2, 0) is 4.74 Å². The maximum Gasteiger partial charge on any atom is 0.412 e. The van der Waals surface area contributed by atoms with Gasteiger partial charge in [-0.05, 0) is 26.0 Å². The van der Waals surface area contributed by atoms with Crippen LogP contribution >= 0.6 is 11.6 Å². The summed E-state index contributed by atoms with van der Waals surface area (Å²) in [6.07, 6.45) is -0.592. The molecule has 0 saturated heterocycles. The van der Waals surface area contributed by atoms with Crippen molar-refractivity contribution >= 4 is 23.4 Å². The van der Waals surface area contributed by atoms with E-state index >= 15 is 0 Å². The Morgan fingerprint density at radius 1 is 1.19 bits per heavy atom. The summed E-state index contributed by atoms with van der Waals surface area (Å²) in [5, 5.41) is 2.59. The number of alkyl halides is 1. The number of hydrogen-bond acceptors (Lipinski definition) is 4. The summed E-state index contributed by atoms with van der Waals surface area (Å²) in [7, 11) is 0. The van der Waals surface area contributed by atoms with Gasteiger partial charge in [-0.3, -0.25) is 5.32 Å². The average Bonchev–Trinajstić information content (AvgIpc) is 2.47. The molecule has 0 heterocycles. The van der Waals surface area contributed by atoms with E-state index < -0.39 is 6.09 Å². The molecule has 5 nitrogen and oxygen atoms in total. The molecule has 1 aromatic rings. The van der Waals surface area contributed by atoms with Gasteiger partial charge in [-0.2, -0.15) is 0 Å². The van der Waals surface area contributed by atoms with Gasteiger partial charge in [0, 0.05) is 11.8 Å². The van der Waals surface area contributed by atoms with Crippen molar-refractivity contribution in [2.75, 3.05) is 31.0 Å². The van der Waals surface area contributed by atoms with Crippen LogP contribution in [0.4, 0.5) is 10.5 Å². The Balaban J connectivity index is 2.66. The third-order valence-electron chi connectivity index (χ3n) is 2.26. The van der Waals surface area contributed by atoms with Gasteiger partial charge in [-0.25, -0.2) is 4.79 Å². The number of ether oxygens (including phenoxy) is 3. The van der Waals surface area contributed by atoms with Crippen LogP contribution in [0.2, 0.25) is 0 Å². The SMILES string of the molecule is CCOc1ccc(NC(=O)OCC#CCCl)cc1OCC. The van der Waals surface area contributed by atoms with Gasteiger partial charge in [-0.15, -0.1) is 11.6 Å². The Kier molecular flexibility index (Phi) is 7.92. The number of carbonyl (C=O) groups excluding carboxylic acids is 1. The number of rotatable bonds is 6. The minimum Gasteiger partial charge on any atom is -0.490 e. The molecule has 1 aromatic carbocycles. The molecular weight excluding hydrogens is 294 g/mol. The lowest BCUT2D eigenvalue weighted by Crippen LogP contribution is -2.14. The van der Waals surface area contributed by atoms with Crippen molar-refractivity contribution in [1.29, 1.82) is 0 Å². The minimum atomic E-state index is -0.592. The zero-order valence-electron chi connectivity index (χ0n) is 12.1. The summed E-state index contributed by atoms with van der Waals surface area (Å²) in [6, 6.07) is 5.12. The molecule has 0 atom stereocenters. The fourth-order valence-electron chi connectivity index (χ4n) is 1.48. The summed E-state index contributed by atoms with van der Waals surface area (Å²) in [4.78, 5) is 11.5. The topological polar surface area (TPSA) is 56.8 Å². The van der Waals surface area contributed by atoms with Crippen LogP contribution in [0, 0.1) is 11.8 Å². The maximum atomic E-state index is 11.5. The highest BCUT2D eigenvalue weighted by Crippen LogP contribution is 2.30. The third kappa shape index (κ3) is 6.28. The van der Waals surface area contributed by atoms with Gasteiger partial charge in [-0.1, -0.05) is 11.8 Å². The highest BCUT2D eigenvalue weighted by molar-refractivity contribution is 6.19. The maximum absolute atomic E-state index is 11.5. The van der Waals surface area contributed by atoms with E-state index in [1.54, 1.807) is 18.2 Å². The van der Waals surface area contributed by atoms with E-state index in [0.717, 1.165) is 0 Å². The molecule has 1 N–H and O–H groups in total. The molecule has 0 aliphatic heterocycles. The summed E-state index contributed by atoms with van der Waals surface area (Å²) < 4.78 is 15.8. The molecule has 1 amide bonds. The van der Waals surface area contributed by atoms with Crippen LogP contribution in [0.1, 0.15) is 13.8 Å². The quantitative estimate of drug-likeness (QED) is 0.647. The minimum absolute atomic E-state index is 0.00605. The lowest BCUT2D eigenvalue weighted by atomic mass is 10.2. The average molecular weight is 312 g/mol.